The maximum absolute atomic E-state index is 5.89. The fourth-order valence-corrected chi connectivity index (χ4v) is 2.66. The van der Waals surface area contributed by atoms with Gasteiger partial charge < -0.3 is 15.2 Å². The van der Waals surface area contributed by atoms with Crippen molar-refractivity contribution in [1.29, 1.82) is 0 Å². The Balaban J connectivity index is 2.17. The number of rotatable bonds is 5. The molecule has 3 nitrogen and oxygen atoms in total. The summed E-state index contributed by atoms with van der Waals surface area (Å²) in [5.41, 5.74) is 8.03. The molecule has 0 saturated heterocycles. The van der Waals surface area contributed by atoms with Crippen LogP contribution < -0.4 is 10.5 Å². The van der Waals surface area contributed by atoms with Crippen LogP contribution in [0.3, 0.4) is 0 Å². The van der Waals surface area contributed by atoms with Gasteiger partial charge in [-0.3, -0.25) is 0 Å². The highest BCUT2D eigenvalue weighted by Crippen LogP contribution is 2.29. The number of methoxy groups -OCH3 is 1. The molecular formula is C16H18BrNO2. The van der Waals surface area contributed by atoms with Gasteiger partial charge in [0.15, 0.2) is 0 Å². The third-order valence-corrected chi connectivity index (χ3v) is 3.59. The van der Waals surface area contributed by atoms with Crippen molar-refractivity contribution in [3.05, 3.63) is 58.1 Å². The minimum absolute atomic E-state index is 0.0107. The Morgan fingerprint density at radius 3 is 2.55 bits per heavy atom. The molecule has 106 valence electrons. The van der Waals surface area contributed by atoms with Gasteiger partial charge in [-0.2, -0.15) is 0 Å². The lowest BCUT2D eigenvalue weighted by atomic mass is 10.1. The number of hydrogen-bond acceptors (Lipinski definition) is 3. The van der Waals surface area contributed by atoms with Crippen LogP contribution in [0.15, 0.2) is 46.9 Å². The van der Waals surface area contributed by atoms with Crippen molar-refractivity contribution in [3.63, 3.8) is 0 Å². The third-order valence-electron chi connectivity index (χ3n) is 2.91. The van der Waals surface area contributed by atoms with Crippen molar-refractivity contribution in [2.45, 2.75) is 19.6 Å². The highest BCUT2D eigenvalue weighted by atomic mass is 79.9. The van der Waals surface area contributed by atoms with Gasteiger partial charge in [0.25, 0.3) is 0 Å². The molecule has 0 heterocycles. The zero-order chi connectivity index (χ0) is 14.5. The number of nitrogens with two attached hydrogens (primary N) is 1. The van der Waals surface area contributed by atoms with E-state index in [2.05, 4.69) is 15.9 Å². The summed E-state index contributed by atoms with van der Waals surface area (Å²) in [6, 6.07) is 13.7. The lowest BCUT2D eigenvalue weighted by Crippen LogP contribution is -2.05. The molecule has 0 bridgehead atoms. The Labute approximate surface area is 127 Å². The van der Waals surface area contributed by atoms with Crippen LogP contribution in [0.25, 0.3) is 0 Å². The minimum Gasteiger partial charge on any atom is -0.457 e. The van der Waals surface area contributed by atoms with Gasteiger partial charge in [-0.25, -0.2) is 0 Å². The van der Waals surface area contributed by atoms with Gasteiger partial charge in [-0.15, -0.1) is 0 Å². The molecule has 0 aliphatic heterocycles. The maximum Gasteiger partial charge on any atom is 0.128 e. The molecule has 0 saturated carbocycles. The summed E-state index contributed by atoms with van der Waals surface area (Å²) in [6.07, 6.45) is 0. The maximum atomic E-state index is 5.89. The molecule has 2 aromatic carbocycles. The van der Waals surface area contributed by atoms with Crippen molar-refractivity contribution in [1.82, 2.24) is 0 Å². The van der Waals surface area contributed by atoms with Crippen LogP contribution in [0, 0.1) is 0 Å². The van der Waals surface area contributed by atoms with Crippen molar-refractivity contribution in [2.24, 2.45) is 5.73 Å². The second kappa shape index (κ2) is 6.88. The van der Waals surface area contributed by atoms with Crippen molar-refractivity contribution >= 4 is 15.9 Å². The van der Waals surface area contributed by atoms with Crippen LogP contribution in [0.1, 0.15) is 24.1 Å². The zero-order valence-corrected chi connectivity index (χ0v) is 13.2. The summed E-state index contributed by atoms with van der Waals surface area (Å²) < 4.78 is 11.9. The normalized spacial score (nSPS) is 12.2. The predicted molar refractivity (Wildman–Crippen MR) is 84.0 cm³/mol. The molecule has 2 N–H and O–H groups in total. The average molecular weight is 336 g/mol. The summed E-state index contributed by atoms with van der Waals surface area (Å²) in [5.74, 6) is 1.57. The average Bonchev–Trinajstić information content (AvgIpc) is 2.39. The van der Waals surface area contributed by atoms with Gasteiger partial charge in [-0.05, 0) is 42.3 Å². The first-order valence-corrected chi connectivity index (χ1v) is 7.20. The monoisotopic (exact) mass is 335 g/mol. The van der Waals surface area contributed by atoms with Gasteiger partial charge in [0.1, 0.15) is 11.5 Å². The van der Waals surface area contributed by atoms with E-state index in [4.69, 9.17) is 15.2 Å². The number of benzene rings is 2. The predicted octanol–water partition coefficient (Wildman–Crippen LogP) is 4.41. The van der Waals surface area contributed by atoms with E-state index in [1.54, 1.807) is 7.11 Å². The zero-order valence-electron chi connectivity index (χ0n) is 11.6. The molecular weight excluding hydrogens is 318 g/mol. The summed E-state index contributed by atoms with van der Waals surface area (Å²) in [5, 5.41) is 0. The number of ether oxygens (including phenoxy) is 2. The van der Waals surface area contributed by atoms with Gasteiger partial charge in [0.05, 0.1) is 6.61 Å². The molecule has 1 unspecified atom stereocenters. The van der Waals surface area contributed by atoms with Gasteiger partial charge in [0.2, 0.25) is 0 Å². The molecule has 0 spiro atoms. The van der Waals surface area contributed by atoms with Crippen LogP contribution in [0.5, 0.6) is 11.5 Å². The fourth-order valence-electron chi connectivity index (χ4n) is 1.94. The quantitative estimate of drug-likeness (QED) is 0.880. The van der Waals surface area contributed by atoms with E-state index in [-0.39, 0.29) is 6.04 Å². The van der Waals surface area contributed by atoms with Gasteiger partial charge in [-0.1, -0.05) is 34.1 Å². The van der Waals surface area contributed by atoms with Gasteiger partial charge >= 0.3 is 0 Å². The highest BCUT2D eigenvalue weighted by Gasteiger charge is 2.07. The van der Waals surface area contributed by atoms with Gasteiger partial charge in [0, 0.05) is 17.6 Å². The molecule has 0 aromatic heterocycles. The topological polar surface area (TPSA) is 44.5 Å². The minimum atomic E-state index is -0.0107. The Morgan fingerprint density at radius 1 is 1.15 bits per heavy atom. The SMILES string of the molecule is COCc1cccc(Oc2ccc(C(C)N)c(Br)c2)c1. The van der Waals surface area contributed by atoms with Crippen LogP contribution in [-0.2, 0) is 11.3 Å². The van der Waals surface area contributed by atoms with Crippen molar-refractivity contribution < 1.29 is 9.47 Å². The molecule has 4 heteroatoms. The highest BCUT2D eigenvalue weighted by molar-refractivity contribution is 9.10. The lowest BCUT2D eigenvalue weighted by molar-refractivity contribution is 0.184. The van der Waals surface area contributed by atoms with E-state index >= 15 is 0 Å². The van der Waals surface area contributed by atoms with E-state index in [1.165, 1.54) is 0 Å². The van der Waals surface area contributed by atoms with Crippen LogP contribution >= 0.6 is 15.9 Å². The van der Waals surface area contributed by atoms with E-state index in [0.29, 0.717) is 6.61 Å². The fraction of sp³-hybridized carbons (Fsp3) is 0.250. The standard InChI is InChI=1S/C16H18BrNO2/c1-11(18)15-7-6-14(9-16(15)17)20-13-5-3-4-12(8-13)10-19-2/h3-9,11H,10,18H2,1-2H3. The number of halogens is 1. The second-order valence-corrected chi connectivity index (χ2v) is 5.51. The van der Waals surface area contributed by atoms with Crippen molar-refractivity contribution in [2.75, 3.05) is 7.11 Å². The van der Waals surface area contributed by atoms with Crippen molar-refractivity contribution in [3.8, 4) is 11.5 Å². The summed E-state index contributed by atoms with van der Waals surface area (Å²) in [6.45, 7) is 2.53. The molecule has 0 aliphatic carbocycles. The Bertz CT molecular complexity index is 584. The summed E-state index contributed by atoms with van der Waals surface area (Å²) >= 11 is 3.52. The number of hydrogen-bond donors (Lipinski definition) is 1. The molecule has 0 amide bonds. The Morgan fingerprint density at radius 2 is 1.90 bits per heavy atom. The van der Waals surface area contributed by atoms with E-state index < -0.39 is 0 Å². The molecule has 2 rings (SSSR count). The molecule has 0 fully saturated rings. The summed E-state index contributed by atoms with van der Waals surface area (Å²) in [4.78, 5) is 0. The Kier molecular flexibility index (Phi) is 5.17. The molecule has 2 aromatic rings. The first-order valence-electron chi connectivity index (χ1n) is 6.41. The molecule has 0 radical (unpaired) electrons. The lowest BCUT2D eigenvalue weighted by Gasteiger charge is -2.12. The molecule has 0 aliphatic rings. The first-order chi connectivity index (χ1) is 9.60. The van der Waals surface area contributed by atoms with Crippen LogP contribution in [-0.4, -0.2) is 7.11 Å². The van der Waals surface area contributed by atoms with Crippen LogP contribution in [0.2, 0.25) is 0 Å². The molecule has 1 atom stereocenters. The largest absolute Gasteiger partial charge is 0.457 e. The third kappa shape index (κ3) is 3.82. The van der Waals surface area contributed by atoms with E-state index in [1.807, 2.05) is 49.4 Å². The first kappa shape index (κ1) is 15.0. The van der Waals surface area contributed by atoms with E-state index in [0.717, 1.165) is 27.1 Å². The second-order valence-electron chi connectivity index (χ2n) is 4.65. The van der Waals surface area contributed by atoms with Crippen LogP contribution in [0.4, 0.5) is 0 Å². The molecule has 20 heavy (non-hydrogen) atoms. The summed E-state index contributed by atoms with van der Waals surface area (Å²) in [7, 11) is 1.68. The van der Waals surface area contributed by atoms with E-state index in [9.17, 15) is 0 Å². The Hall–Kier alpha value is -1.36. The smallest absolute Gasteiger partial charge is 0.128 e.